The van der Waals surface area contributed by atoms with Crippen LogP contribution < -0.4 is 0 Å². The van der Waals surface area contributed by atoms with Crippen molar-refractivity contribution in [2.45, 2.75) is 12.0 Å². The maximum absolute atomic E-state index is 11.2. The summed E-state index contributed by atoms with van der Waals surface area (Å²) in [5.41, 5.74) is 1.49. The standard InChI is InChI=1S/C11H12O4.C10H9ClO3/c12-6-10(13)11(14)8-15-7-9-4-2-1-3-5-9;11-9(10(14)8(13)6-12)7-4-2-1-3-5-7/h1-5,12H,6-8H2;1-5,9,12H,6H2. The summed E-state index contributed by atoms with van der Waals surface area (Å²) in [4.78, 5) is 43.7. The summed E-state index contributed by atoms with van der Waals surface area (Å²) in [7, 11) is 0. The van der Waals surface area contributed by atoms with Gasteiger partial charge in [-0.05, 0) is 11.1 Å². The van der Waals surface area contributed by atoms with Crippen LogP contribution in [0, 0.1) is 0 Å². The van der Waals surface area contributed by atoms with Gasteiger partial charge in [-0.25, -0.2) is 0 Å². The van der Waals surface area contributed by atoms with E-state index in [0.29, 0.717) is 5.56 Å². The van der Waals surface area contributed by atoms with E-state index in [9.17, 15) is 19.2 Å². The Kier molecular flexibility index (Phi) is 11.3. The lowest BCUT2D eigenvalue weighted by Crippen LogP contribution is -2.22. The monoisotopic (exact) mass is 420 g/mol. The van der Waals surface area contributed by atoms with Crippen LogP contribution in [0.25, 0.3) is 0 Å². The van der Waals surface area contributed by atoms with Crippen LogP contribution in [-0.4, -0.2) is 53.2 Å². The number of Topliss-reactive ketones (excluding diaryl/α,β-unsaturated/α-hetero) is 4. The third kappa shape index (κ3) is 8.89. The Labute approximate surface area is 172 Å². The predicted octanol–water partition coefficient (Wildman–Crippen LogP) is 1.43. The molecule has 154 valence electrons. The highest BCUT2D eigenvalue weighted by atomic mass is 35.5. The van der Waals surface area contributed by atoms with E-state index >= 15 is 0 Å². The van der Waals surface area contributed by atoms with E-state index in [1.807, 2.05) is 30.3 Å². The van der Waals surface area contributed by atoms with E-state index in [1.165, 1.54) is 0 Å². The highest BCUT2D eigenvalue weighted by Crippen LogP contribution is 2.21. The minimum absolute atomic E-state index is 0.283. The van der Waals surface area contributed by atoms with Gasteiger partial charge in [0.2, 0.25) is 23.1 Å². The Bertz CT molecular complexity index is 806. The zero-order valence-corrected chi connectivity index (χ0v) is 16.2. The molecule has 0 amide bonds. The summed E-state index contributed by atoms with van der Waals surface area (Å²) in [5, 5.41) is 15.9. The number of benzene rings is 2. The number of ketones is 4. The van der Waals surface area contributed by atoms with Crippen molar-refractivity contribution >= 4 is 34.7 Å². The van der Waals surface area contributed by atoms with E-state index in [4.69, 9.17) is 26.6 Å². The summed E-state index contributed by atoms with van der Waals surface area (Å²) in [5.74, 6) is -3.16. The Hall–Kier alpha value is -2.71. The first-order chi connectivity index (χ1) is 13.9. The lowest BCUT2D eigenvalue weighted by Gasteiger charge is -2.06. The molecule has 2 rings (SSSR count). The van der Waals surface area contributed by atoms with E-state index in [0.717, 1.165) is 5.56 Å². The van der Waals surface area contributed by atoms with Gasteiger partial charge in [0.15, 0.2) is 0 Å². The molecule has 0 radical (unpaired) electrons. The van der Waals surface area contributed by atoms with Gasteiger partial charge < -0.3 is 14.9 Å². The highest BCUT2D eigenvalue weighted by Gasteiger charge is 2.23. The van der Waals surface area contributed by atoms with E-state index < -0.39 is 41.7 Å². The molecule has 0 aliphatic carbocycles. The average Bonchev–Trinajstić information content (AvgIpc) is 2.78. The molecule has 0 aliphatic rings. The molecular weight excluding hydrogens is 400 g/mol. The predicted molar refractivity (Wildman–Crippen MR) is 105 cm³/mol. The number of rotatable bonds is 10. The van der Waals surface area contributed by atoms with Crippen LogP contribution in [0.2, 0.25) is 0 Å². The third-order valence-electron chi connectivity index (χ3n) is 3.54. The SMILES string of the molecule is O=C(CO)C(=O)C(Cl)c1ccccc1.O=C(CO)C(=O)COCc1ccccc1. The van der Waals surface area contributed by atoms with Gasteiger partial charge in [0, 0.05) is 0 Å². The molecule has 0 saturated heterocycles. The fourth-order valence-corrected chi connectivity index (χ4v) is 2.26. The summed E-state index contributed by atoms with van der Waals surface area (Å²) in [6.45, 7) is -1.55. The van der Waals surface area contributed by atoms with Crippen molar-refractivity contribution < 1.29 is 34.1 Å². The summed E-state index contributed by atoms with van der Waals surface area (Å²) >= 11 is 5.75. The van der Waals surface area contributed by atoms with Crippen molar-refractivity contribution in [2.24, 2.45) is 0 Å². The molecular formula is C21H21ClO7. The number of aliphatic hydroxyl groups is 2. The van der Waals surface area contributed by atoms with Crippen molar-refractivity contribution in [3.8, 4) is 0 Å². The van der Waals surface area contributed by atoms with Crippen LogP contribution in [0.1, 0.15) is 16.5 Å². The molecule has 0 saturated carbocycles. The van der Waals surface area contributed by atoms with Crippen molar-refractivity contribution in [1.29, 1.82) is 0 Å². The molecule has 0 aromatic heterocycles. The molecule has 1 atom stereocenters. The van der Waals surface area contributed by atoms with Gasteiger partial charge in [-0.3, -0.25) is 19.2 Å². The fraction of sp³-hybridized carbons (Fsp3) is 0.238. The average molecular weight is 421 g/mol. The largest absolute Gasteiger partial charge is 0.388 e. The number of aliphatic hydroxyl groups excluding tert-OH is 2. The molecule has 7 nitrogen and oxygen atoms in total. The smallest absolute Gasteiger partial charge is 0.226 e. The first-order valence-corrected chi connectivity index (χ1v) is 8.99. The number of carbonyl (C=O) groups is 4. The second-order valence-electron chi connectivity index (χ2n) is 5.70. The van der Waals surface area contributed by atoms with Crippen LogP contribution in [0.4, 0.5) is 0 Å². The topological polar surface area (TPSA) is 118 Å². The maximum Gasteiger partial charge on any atom is 0.226 e. The number of ether oxygens (including phenoxy) is 1. The number of alkyl halides is 1. The Morgan fingerprint density at radius 2 is 1.31 bits per heavy atom. The lowest BCUT2D eigenvalue weighted by molar-refractivity contribution is -0.141. The van der Waals surface area contributed by atoms with E-state index in [1.54, 1.807) is 30.3 Å². The third-order valence-corrected chi connectivity index (χ3v) is 3.99. The molecule has 0 fully saturated rings. The van der Waals surface area contributed by atoms with Gasteiger partial charge >= 0.3 is 0 Å². The van der Waals surface area contributed by atoms with Crippen molar-refractivity contribution in [3.05, 3.63) is 71.8 Å². The maximum atomic E-state index is 11.2. The fourth-order valence-electron chi connectivity index (χ4n) is 2.00. The first kappa shape index (κ1) is 24.3. The van der Waals surface area contributed by atoms with Crippen molar-refractivity contribution in [2.75, 3.05) is 19.8 Å². The Morgan fingerprint density at radius 1 is 0.793 bits per heavy atom. The minimum atomic E-state index is -1.00. The Morgan fingerprint density at radius 3 is 1.83 bits per heavy atom. The zero-order chi connectivity index (χ0) is 21.6. The number of hydrogen-bond acceptors (Lipinski definition) is 7. The molecule has 0 heterocycles. The highest BCUT2D eigenvalue weighted by molar-refractivity contribution is 6.49. The van der Waals surface area contributed by atoms with E-state index in [2.05, 4.69) is 0 Å². The van der Waals surface area contributed by atoms with Crippen LogP contribution in [0.5, 0.6) is 0 Å². The molecule has 2 N–H and O–H groups in total. The quantitative estimate of drug-likeness (QED) is 0.441. The minimum Gasteiger partial charge on any atom is -0.388 e. The van der Waals surface area contributed by atoms with Gasteiger partial charge in [0.1, 0.15) is 25.2 Å². The molecule has 0 bridgehead atoms. The van der Waals surface area contributed by atoms with Crippen molar-refractivity contribution in [3.63, 3.8) is 0 Å². The molecule has 2 aromatic rings. The van der Waals surface area contributed by atoms with Gasteiger partial charge in [0.05, 0.1) is 6.61 Å². The molecule has 0 spiro atoms. The second-order valence-corrected chi connectivity index (χ2v) is 6.14. The molecule has 29 heavy (non-hydrogen) atoms. The molecule has 8 heteroatoms. The van der Waals surface area contributed by atoms with Crippen LogP contribution in [0.15, 0.2) is 60.7 Å². The lowest BCUT2D eigenvalue weighted by atomic mass is 10.1. The number of carbonyl (C=O) groups excluding carboxylic acids is 4. The van der Waals surface area contributed by atoms with Gasteiger partial charge in [-0.2, -0.15) is 0 Å². The summed E-state index contributed by atoms with van der Waals surface area (Å²) in [6, 6.07) is 17.9. The van der Waals surface area contributed by atoms with Crippen molar-refractivity contribution in [1.82, 2.24) is 0 Å². The molecule has 0 aliphatic heterocycles. The normalized spacial score (nSPS) is 11.0. The zero-order valence-electron chi connectivity index (χ0n) is 15.5. The van der Waals surface area contributed by atoms with Crippen LogP contribution >= 0.6 is 11.6 Å². The number of hydrogen-bond donors (Lipinski definition) is 2. The van der Waals surface area contributed by atoms with Gasteiger partial charge in [0.25, 0.3) is 0 Å². The molecule has 1 unspecified atom stereocenters. The second kappa shape index (κ2) is 13.5. The van der Waals surface area contributed by atoms with Gasteiger partial charge in [-0.15, -0.1) is 11.6 Å². The van der Waals surface area contributed by atoms with Gasteiger partial charge in [-0.1, -0.05) is 60.7 Å². The summed E-state index contributed by atoms with van der Waals surface area (Å²) < 4.78 is 5.02. The Balaban J connectivity index is 0.000000291. The van der Waals surface area contributed by atoms with Crippen LogP contribution in [0.3, 0.4) is 0 Å². The number of halogens is 1. The first-order valence-electron chi connectivity index (χ1n) is 8.56. The van der Waals surface area contributed by atoms with E-state index in [-0.39, 0.29) is 13.2 Å². The van der Waals surface area contributed by atoms with Crippen LogP contribution in [-0.2, 0) is 30.5 Å². The summed E-state index contributed by atoms with van der Waals surface area (Å²) in [6.07, 6.45) is 0. The molecule has 2 aromatic carbocycles.